The zero-order chi connectivity index (χ0) is 14.5. The van der Waals surface area contributed by atoms with Crippen LogP contribution in [0.1, 0.15) is 13.3 Å². The van der Waals surface area contributed by atoms with Crippen molar-refractivity contribution in [2.45, 2.75) is 25.2 Å². The van der Waals surface area contributed by atoms with Crippen LogP contribution in [0, 0.1) is 0 Å². The summed E-state index contributed by atoms with van der Waals surface area (Å²) in [6.07, 6.45) is -0.189. The summed E-state index contributed by atoms with van der Waals surface area (Å²) >= 11 is 3.36. The summed E-state index contributed by atoms with van der Waals surface area (Å²) < 4.78 is 11.2. The number of ether oxygens (including phenoxy) is 2. The van der Waals surface area contributed by atoms with Gasteiger partial charge in [0, 0.05) is 30.8 Å². The van der Waals surface area contributed by atoms with Crippen LogP contribution in [0.15, 0.2) is 28.7 Å². The third-order valence-electron chi connectivity index (χ3n) is 2.91. The van der Waals surface area contributed by atoms with E-state index in [2.05, 4.69) is 21.2 Å². The van der Waals surface area contributed by atoms with Crippen LogP contribution in [0.5, 0.6) is 0 Å². The van der Waals surface area contributed by atoms with Gasteiger partial charge < -0.3 is 20.5 Å². The van der Waals surface area contributed by atoms with Crippen LogP contribution >= 0.6 is 15.9 Å². The fourth-order valence-corrected chi connectivity index (χ4v) is 1.93. The minimum atomic E-state index is -0.954. The van der Waals surface area contributed by atoms with Crippen LogP contribution in [0.4, 0.5) is 5.69 Å². The Morgan fingerprint density at radius 3 is 2.32 bits per heavy atom. The Balaban J connectivity index is 2.87. The second-order valence-corrected chi connectivity index (χ2v) is 5.35. The van der Waals surface area contributed by atoms with Crippen molar-refractivity contribution in [3.8, 4) is 0 Å². The first-order valence-corrected chi connectivity index (χ1v) is 6.60. The molecule has 0 aromatic heterocycles. The molecule has 0 aliphatic carbocycles. The van der Waals surface area contributed by atoms with E-state index in [1.165, 1.54) is 14.2 Å². The molecule has 1 unspecified atom stereocenters. The first-order chi connectivity index (χ1) is 8.91. The van der Waals surface area contributed by atoms with E-state index < -0.39 is 17.7 Å². The quantitative estimate of drug-likeness (QED) is 0.751. The molecule has 1 atom stereocenters. The SMILES string of the molecule is COC(CC(C)(Nc1ccc(Br)cc1)C(N)=O)OC. The van der Waals surface area contributed by atoms with Crippen LogP contribution in [0.3, 0.4) is 0 Å². The molecule has 0 aliphatic rings. The van der Waals surface area contributed by atoms with Gasteiger partial charge in [0.25, 0.3) is 0 Å². The number of primary amides is 1. The number of hydrogen-bond acceptors (Lipinski definition) is 4. The van der Waals surface area contributed by atoms with Gasteiger partial charge in [0.15, 0.2) is 6.29 Å². The average Bonchev–Trinajstić information content (AvgIpc) is 2.38. The van der Waals surface area contributed by atoms with Gasteiger partial charge in [-0.3, -0.25) is 4.79 Å². The summed E-state index contributed by atoms with van der Waals surface area (Å²) in [7, 11) is 3.05. The van der Waals surface area contributed by atoms with Gasteiger partial charge in [0.2, 0.25) is 5.91 Å². The smallest absolute Gasteiger partial charge is 0.243 e. The number of amides is 1. The van der Waals surface area contributed by atoms with E-state index in [-0.39, 0.29) is 0 Å². The molecule has 106 valence electrons. The standard InChI is InChI=1S/C13H19BrN2O3/c1-13(12(15)17,8-11(18-2)19-3)16-10-6-4-9(14)5-7-10/h4-7,11,16H,8H2,1-3H3,(H2,15,17). The predicted molar refractivity (Wildman–Crippen MR) is 77.8 cm³/mol. The van der Waals surface area contributed by atoms with Crippen LogP contribution in [-0.2, 0) is 14.3 Å². The topological polar surface area (TPSA) is 73.6 Å². The van der Waals surface area contributed by atoms with E-state index in [1.807, 2.05) is 24.3 Å². The average molecular weight is 331 g/mol. The zero-order valence-electron chi connectivity index (χ0n) is 11.3. The number of anilines is 1. The monoisotopic (exact) mass is 330 g/mol. The van der Waals surface area contributed by atoms with Crippen LogP contribution in [0.25, 0.3) is 0 Å². The van der Waals surface area contributed by atoms with E-state index in [0.29, 0.717) is 6.42 Å². The zero-order valence-corrected chi connectivity index (χ0v) is 12.9. The molecule has 0 radical (unpaired) electrons. The molecule has 5 nitrogen and oxygen atoms in total. The van der Waals surface area contributed by atoms with Crippen LogP contribution in [-0.4, -0.2) is 32.0 Å². The van der Waals surface area contributed by atoms with Gasteiger partial charge in [0.05, 0.1) is 0 Å². The molecule has 1 amide bonds. The molecule has 0 saturated carbocycles. The molecule has 6 heteroatoms. The van der Waals surface area contributed by atoms with E-state index in [0.717, 1.165) is 10.2 Å². The molecule has 0 bridgehead atoms. The Morgan fingerprint density at radius 2 is 1.89 bits per heavy atom. The lowest BCUT2D eigenvalue weighted by atomic mass is 9.96. The first-order valence-electron chi connectivity index (χ1n) is 5.80. The van der Waals surface area contributed by atoms with Crippen molar-refractivity contribution in [2.75, 3.05) is 19.5 Å². The lowest BCUT2D eigenvalue weighted by Gasteiger charge is -2.31. The van der Waals surface area contributed by atoms with E-state index in [1.54, 1.807) is 6.92 Å². The fraction of sp³-hybridized carbons (Fsp3) is 0.462. The minimum Gasteiger partial charge on any atom is -0.371 e. The largest absolute Gasteiger partial charge is 0.371 e. The molecule has 0 spiro atoms. The summed E-state index contributed by atoms with van der Waals surface area (Å²) in [5.41, 5.74) is 5.33. The molecule has 1 aromatic carbocycles. The molecule has 0 fully saturated rings. The molecular weight excluding hydrogens is 312 g/mol. The molecule has 0 saturated heterocycles. The lowest BCUT2D eigenvalue weighted by Crippen LogP contribution is -2.50. The maximum Gasteiger partial charge on any atom is 0.243 e. The molecule has 1 rings (SSSR count). The third kappa shape index (κ3) is 4.49. The summed E-state index contributed by atoms with van der Waals surface area (Å²) in [4.78, 5) is 11.7. The number of carbonyl (C=O) groups excluding carboxylic acids is 1. The Hall–Kier alpha value is -1.11. The lowest BCUT2D eigenvalue weighted by molar-refractivity contribution is -0.134. The maximum atomic E-state index is 11.7. The van der Waals surface area contributed by atoms with Gasteiger partial charge in [0.1, 0.15) is 5.54 Å². The number of benzene rings is 1. The number of nitrogens with one attached hydrogen (secondary N) is 1. The highest BCUT2D eigenvalue weighted by atomic mass is 79.9. The second-order valence-electron chi connectivity index (χ2n) is 4.43. The summed E-state index contributed by atoms with van der Waals surface area (Å²) in [5.74, 6) is -0.463. The van der Waals surface area contributed by atoms with Crippen molar-refractivity contribution < 1.29 is 14.3 Å². The van der Waals surface area contributed by atoms with E-state index >= 15 is 0 Å². The summed E-state index contributed by atoms with van der Waals surface area (Å²) in [6, 6.07) is 7.49. The highest BCUT2D eigenvalue weighted by Crippen LogP contribution is 2.23. The van der Waals surface area contributed by atoms with Gasteiger partial charge in [-0.25, -0.2) is 0 Å². The first kappa shape index (κ1) is 15.9. The number of hydrogen-bond donors (Lipinski definition) is 2. The fourth-order valence-electron chi connectivity index (χ4n) is 1.66. The maximum absolute atomic E-state index is 11.7. The Bertz CT molecular complexity index is 420. The Labute approximate surface area is 121 Å². The van der Waals surface area contributed by atoms with Gasteiger partial charge in [-0.2, -0.15) is 0 Å². The highest BCUT2D eigenvalue weighted by Gasteiger charge is 2.34. The van der Waals surface area contributed by atoms with Crippen LogP contribution in [0.2, 0.25) is 0 Å². The number of methoxy groups -OCH3 is 2. The van der Waals surface area contributed by atoms with Gasteiger partial charge in [-0.1, -0.05) is 15.9 Å². The summed E-state index contributed by atoms with van der Waals surface area (Å²) in [6.45, 7) is 1.72. The van der Waals surface area contributed by atoms with Crippen molar-refractivity contribution in [2.24, 2.45) is 5.73 Å². The highest BCUT2D eigenvalue weighted by molar-refractivity contribution is 9.10. The number of halogens is 1. The molecule has 19 heavy (non-hydrogen) atoms. The molecule has 0 heterocycles. The molecule has 0 aliphatic heterocycles. The van der Waals surface area contributed by atoms with Crippen molar-refractivity contribution >= 4 is 27.5 Å². The normalized spacial score (nSPS) is 14.2. The Kier molecular flexibility index (Phi) is 5.78. The molecule has 3 N–H and O–H groups in total. The third-order valence-corrected chi connectivity index (χ3v) is 3.44. The molecular formula is C13H19BrN2O3. The molecule has 1 aromatic rings. The Morgan fingerprint density at radius 1 is 1.37 bits per heavy atom. The van der Waals surface area contributed by atoms with Crippen molar-refractivity contribution in [1.29, 1.82) is 0 Å². The minimum absolute atomic E-state index is 0.311. The van der Waals surface area contributed by atoms with Crippen LogP contribution < -0.4 is 11.1 Å². The van der Waals surface area contributed by atoms with E-state index in [9.17, 15) is 4.79 Å². The summed E-state index contributed by atoms with van der Waals surface area (Å²) in [5, 5.41) is 3.13. The van der Waals surface area contributed by atoms with Crippen molar-refractivity contribution in [3.63, 3.8) is 0 Å². The van der Waals surface area contributed by atoms with Gasteiger partial charge in [-0.15, -0.1) is 0 Å². The van der Waals surface area contributed by atoms with Gasteiger partial charge in [-0.05, 0) is 31.2 Å². The van der Waals surface area contributed by atoms with E-state index in [4.69, 9.17) is 15.2 Å². The predicted octanol–water partition coefficient (Wildman–Crippen LogP) is 2.11. The number of nitrogens with two attached hydrogens (primary N) is 1. The number of rotatable bonds is 7. The number of carbonyl (C=O) groups is 1. The van der Waals surface area contributed by atoms with Crippen molar-refractivity contribution in [1.82, 2.24) is 0 Å². The van der Waals surface area contributed by atoms with Gasteiger partial charge >= 0.3 is 0 Å². The second kappa shape index (κ2) is 6.88. The van der Waals surface area contributed by atoms with Crippen molar-refractivity contribution in [3.05, 3.63) is 28.7 Å².